The number of fused-ring (bicyclic) bond motifs is 1. The average molecular weight is 901 g/mol. The van der Waals surface area contributed by atoms with E-state index in [1.54, 1.807) is 12.1 Å². The summed E-state index contributed by atoms with van der Waals surface area (Å²) in [6.07, 6.45) is 2.52. The fourth-order valence-corrected chi connectivity index (χ4v) is 6.25. The van der Waals surface area contributed by atoms with Gasteiger partial charge in [-0.2, -0.15) is 4.31 Å². The zero-order valence-electron chi connectivity index (χ0n) is 35.7. The van der Waals surface area contributed by atoms with Gasteiger partial charge in [0.1, 0.15) is 5.84 Å². The molecule has 2 rings (SSSR count). The van der Waals surface area contributed by atoms with Crippen molar-refractivity contribution in [3.8, 4) is 0 Å². The minimum absolute atomic E-state index is 0. The third-order valence-corrected chi connectivity index (χ3v) is 9.90. The maximum Gasteiger partial charge on any atom is 0.273 e. The smallest absolute Gasteiger partial charge is 0.273 e. The van der Waals surface area contributed by atoms with Crippen molar-refractivity contribution in [1.29, 1.82) is 0 Å². The highest BCUT2D eigenvalue weighted by Gasteiger charge is 2.25. The molecule has 19 nitrogen and oxygen atoms in total. The lowest BCUT2D eigenvalue weighted by Crippen LogP contribution is -2.34. The minimum Gasteiger partial charge on any atom is -0.387 e. The van der Waals surface area contributed by atoms with Crippen LogP contribution < -0.4 is 11.5 Å². The van der Waals surface area contributed by atoms with E-state index in [2.05, 4.69) is 4.99 Å². The Bertz CT molecular complexity index is 1420. The first-order valence-electron chi connectivity index (χ1n) is 20.3. The van der Waals surface area contributed by atoms with Crippen LogP contribution >= 0.6 is 12.4 Å². The van der Waals surface area contributed by atoms with E-state index in [0.717, 1.165) is 6.42 Å². The molecular weight excluding hydrogens is 830 g/mol. The summed E-state index contributed by atoms with van der Waals surface area (Å²) in [7, 11) is -2.36. The Labute approximate surface area is 362 Å². The molecule has 21 heteroatoms. The number of carbonyl (C=O) groups is 1. The lowest BCUT2D eigenvalue weighted by Gasteiger charge is -2.21. The quantitative estimate of drug-likeness (QED) is 0.0711. The van der Waals surface area contributed by atoms with E-state index in [1.807, 2.05) is 13.8 Å². The van der Waals surface area contributed by atoms with E-state index in [-0.39, 0.29) is 48.6 Å². The number of halogens is 1. The van der Waals surface area contributed by atoms with Gasteiger partial charge < -0.3 is 58.8 Å². The number of hydroxylamine groups is 2. The predicted octanol–water partition coefficient (Wildman–Crippen LogP) is 1.82. The molecule has 0 bridgehead atoms. The Balaban J connectivity index is 0.0000180. The maximum absolute atomic E-state index is 13.3. The van der Waals surface area contributed by atoms with Crippen LogP contribution in [0.25, 0.3) is 6.08 Å². The first kappa shape index (κ1) is 55.6. The van der Waals surface area contributed by atoms with Gasteiger partial charge in [-0.25, -0.2) is 18.5 Å². The molecule has 1 aliphatic rings. The number of ether oxygens (including phenoxy) is 10. The monoisotopic (exact) mass is 899 g/mol. The summed E-state index contributed by atoms with van der Waals surface area (Å²) < 4.78 is 82.4. The molecule has 0 aliphatic carbocycles. The molecule has 348 valence electrons. The van der Waals surface area contributed by atoms with Crippen LogP contribution in [0.15, 0.2) is 33.7 Å². The number of amides is 1. The number of carbonyl (C=O) groups excluding carboxylic acids is 1. The van der Waals surface area contributed by atoms with Crippen molar-refractivity contribution in [2.24, 2.45) is 16.5 Å². The Morgan fingerprint density at radius 3 is 1.48 bits per heavy atom. The van der Waals surface area contributed by atoms with Crippen LogP contribution in [0.4, 0.5) is 5.69 Å². The van der Waals surface area contributed by atoms with Gasteiger partial charge in [-0.1, -0.05) is 13.0 Å². The van der Waals surface area contributed by atoms with Crippen LogP contribution in [0.2, 0.25) is 0 Å². The standard InChI is InChI=1S/C39H69N5O14S.ClH/c1-4-9-44(58-5-2)39(45)35-31-34-6-7-36(33-37(34)42-38(41)32-35)59(46,47)43(3)10-12-49-14-16-51-18-20-53-22-24-55-26-28-57-30-29-56-27-25-54-23-21-52-19-17-50-15-13-48-11-8-40;/h6-7,31,33H,4-5,8-30,32,40H2,1-3H3,(H2,41,42);1H. The molecular formula is C39H70ClN5O14S. The molecule has 60 heavy (non-hydrogen) atoms. The number of hydrogen-bond acceptors (Lipinski definition) is 17. The van der Waals surface area contributed by atoms with Crippen LogP contribution in [-0.2, 0) is 67.0 Å². The average Bonchev–Trinajstić information content (AvgIpc) is 3.39. The fourth-order valence-electron chi connectivity index (χ4n) is 5.07. The highest BCUT2D eigenvalue weighted by Crippen LogP contribution is 2.30. The zero-order valence-corrected chi connectivity index (χ0v) is 37.4. The molecule has 0 radical (unpaired) electrons. The highest BCUT2D eigenvalue weighted by molar-refractivity contribution is 7.89. The summed E-state index contributed by atoms with van der Waals surface area (Å²) in [4.78, 5) is 23.1. The molecule has 0 aromatic heterocycles. The number of amidine groups is 1. The molecule has 0 fully saturated rings. The number of aliphatic imine (C=N–C) groups is 1. The number of nitrogens with two attached hydrogens (primary N) is 2. The van der Waals surface area contributed by atoms with Crippen LogP contribution in [0.3, 0.4) is 0 Å². The lowest BCUT2D eigenvalue weighted by atomic mass is 10.1. The van der Waals surface area contributed by atoms with Gasteiger partial charge in [-0.3, -0.25) is 9.63 Å². The Hall–Kier alpha value is -2.38. The molecule has 0 unspecified atom stereocenters. The number of likely N-dealkylation sites (N-methyl/N-ethyl adjacent to an activating group) is 1. The second kappa shape index (κ2) is 36.1. The van der Waals surface area contributed by atoms with Crippen LogP contribution in [-0.4, -0.2) is 195 Å². The summed E-state index contributed by atoms with van der Waals surface area (Å²) in [5, 5.41) is 1.32. The fraction of sp³-hybridized carbons (Fsp3) is 0.744. The first-order chi connectivity index (χ1) is 28.7. The third-order valence-electron chi connectivity index (χ3n) is 8.05. The molecule has 1 aromatic rings. The van der Waals surface area contributed by atoms with E-state index in [0.29, 0.717) is 162 Å². The van der Waals surface area contributed by atoms with Gasteiger partial charge in [0.2, 0.25) is 10.0 Å². The van der Waals surface area contributed by atoms with E-state index >= 15 is 0 Å². The van der Waals surface area contributed by atoms with Gasteiger partial charge in [0.05, 0.1) is 149 Å². The lowest BCUT2D eigenvalue weighted by molar-refractivity contribution is -0.180. The van der Waals surface area contributed by atoms with Crippen molar-refractivity contribution < 1.29 is 65.4 Å². The van der Waals surface area contributed by atoms with Crippen LogP contribution in [0, 0.1) is 0 Å². The van der Waals surface area contributed by atoms with Gasteiger partial charge in [0, 0.05) is 44.2 Å². The number of nitrogens with zero attached hydrogens (tertiary/aromatic N) is 3. The largest absolute Gasteiger partial charge is 0.387 e. The molecule has 1 heterocycles. The summed E-state index contributed by atoms with van der Waals surface area (Å²) in [6.45, 7) is 14.1. The van der Waals surface area contributed by atoms with Gasteiger partial charge >= 0.3 is 0 Å². The second-order valence-corrected chi connectivity index (χ2v) is 14.8. The summed E-state index contributed by atoms with van der Waals surface area (Å²) in [5.41, 5.74) is 12.8. The Morgan fingerprint density at radius 1 is 0.667 bits per heavy atom. The molecule has 0 spiro atoms. The van der Waals surface area contributed by atoms with E-state index in [4.69, 9.17) is 63.7 Å². The number of hydrogen-bond donors (Lipinski definition) is 2. The van der Waals surface area contributed by atoms with E-state index in [1.165, 1.54) is 28.5 Å². The normalized spacial score (nSPS) is 12.8. The number of rotatable bonds is 39. The van der Waals surface area contributed by atoms with Crippen LogP contribution in [0.5, 0.6) is 0 Å². The van der Waals surface area contributed by atoms with Gasteiger partial charge in [0.25, 0.3) is 5.91 Å². The summed E-state index contributed by atoms with van der Waals surface area (Å²) in [6, 6.07) is 4.58. The predicted molar refractivity (Wildman–Crippen MR) is 228 cm³/mol. The number of benzene rings is 1. The van der Waals surface area contributed by atoms with Crippen molar-refractivity contribution in [2.75, 3.05) is 165 Å². The summed E-state index contributed by atoms with van der Waals surface area (Å²) >= 11 is 0. The molecule has 0 saturated heterocycles. The second-order valence-electron chi connectivity index (χ2n) is 12.7. The first-order valence-corrected chi connectivity index (χ1v) is 21.7. The maximum atomic E-state index is 13.3. The molecule has 1 amide bonds. The number of sulfonamides is 1. The molecule has 0 saturated carbocycles. The van der Waals surface area contributed by atoms with Crippen molar-refractivity contribution in [1.82, 2.24) is 9.37 Å². The molecule has 4 N–H and O–H groups in total. The van der Waals surface area contributed by atoms with Crippen molar-refractivity contribution >= 4 is 45.9 Å². The highest BCUT2D eigenvalue weighted by atomic mass is 35.5. The van der Waals surface area contributed by atoms with Gasteiger partial charge in [0.15, 0.2) is 0 Å². The Morgan fingerprint density at radius 2 is 1.08 bits per heavy atom. The minimum atomic E-state index is -3.85. The van der Waals surface area contributed by atoms with Gasteiger partial charge in [-0.15, -0.1) is 12.4 Å². The zero-order chi connectivity index (χ0) is 42.8. The topological polar surface area (TPSA) is 224 Å². The van der Waals surface area contributed by atoms with Crippen molar-refractivity contribution in [2.45, 2.75) is 31.6 Å². The molecule has 0 atom stereocenters. The van der Waals surface area contributed by atoms with E-state index in [9.17, 15) is 13.2 Å². The molecule has 1 aromatic carbocycles. The third kappa shape index (κ3) is 24.9. The van der Waals surface area contributed by atoms with Crippen LogP contribution in [0.1, 0.15) is 32.3 Å². The Kier molecular flexibility index (Phi) is 33.5. The van der Waals surface area contributed by atoms with E-state index < -0.39 is 10.0 Å². The van der Waals surface area contributed by atoms with Gasteiger partial charge in [-0.05, 0) is 31.6 Å². The van der Waals surface area contributed by atoms with Crippen molar-refractivity contribution in [3.63, 3.8) is 0 Å². The summed E-state index contributed by atoms with van der Waals surface area (Å²) in [5.74, 6) is -0.102. The van der Waals surface area contributed by atoms with Crippen molar-refractivity contribution in [3.05, 3.63) is 29.3 Å². The molecule has 1 aliphatic heterocycles. The SMILES string of the molecule is CCCN(OCC)C(=O)C1=Cc2ccc(S(=O)(=O)N(C)CCOCCOCCOCCOCCOCCOCCOCCOCCOCCOCCN)cc2N=C(N)C1.Cl.